The lowest BCUT2D eigenvalue weighted by Crippen LogP contribution is -2.36. The molecule has 3 nitrogen and oxygen atoms in total. The standard InChI is InChI=1S/C16H19NO2/c1-9-7-10(2)13-12(8-9)11-5-4-6-16(3,15(18)19)14(11)17-13/h7-8,17H,4-6H2,1-3H3,(H,18,19). The van der Waals surface area contributed by atoms with Gasteiger partial charge >= 0.3 is 5.97 Å². The number of aromatic amines is 1. The SMILES string of the molecule is Cc1cc(C)c2[nH]c3c(c2c1)CCCC3(C)C(=O)O. The Morgan fingerprint density at radius 1 is 1.37 bits per heavy atom. The highest BCUT2D eigenvalue weighted by Gasteiger charge is 2.41. The van der Waals surface area contributed by atoms with Crippen molar-refractivity contribution < 1.29 is 9.90 Å². The average molecular weight is 257 g/mol. The first-order valence-electron chi connectivity index (χ1n) is 6.79. The molecule has 1 atom stereocenters. The van der Waals surface area contributed by atoms with E-state index in [1.54, 1.807) is 0 Å². The normalized spacial score (nSPS) is 22.5. The number of H-pyrrole nitrogens is 1. The molecule has 0 saturated heterocycles. The van der Waals surface area contributed by atoms with E-state index in [9.17, 15) is 9.90 Å². The van der Waals surface area contributed by atoms with E-state index < -0.39 is 11.4 Å². The number of aryl methyl sites for hydroxylation is 3. The maximum absolute atomic E-state index is 11.6. The molecule has 0 fully saturated rings. The minimum Gasteiger partial charge on any atom is -0.481 e. The van der Waals surface area contributed by atoms with Crippen LogP contribution in [0.3, 0.4) is 0 Å². The van der Waals surface area contributed by atoms with E-state index in [4.69, 9.17) is 0 Å². The van der Waals surface area contributed by atoms with Gasteiger partial charge in [0.1, 0.15) is 5.41 Å². The molecule has 1 aliphatic rings. The number of hydrogen-bond donors (Lipinski definition) is 2. The van der Waals surface area contributed by atoms with Crippen LogP contribution in [-0.2, 0) is 16.6 Å². The van der Waals surface area contributed by atoms with Crippen molar-refractivity contribution in [2.45, 2.75) is 45.4 Å². The summed E-state index contributed by atoms with van der Waals surface area (Å²) in [5.74, 6) is -0.727. The monoisotopic (exact) mass is 257 g/mol. The van der Waals surface area contributed by atoms with Crippen LogP contribution in [0.2, 0.25) is 0 Å². The molecule has 0 aliphatic heterocycles. The molecule has 0 radical (unpaired) electrons. The third-order valence-electron chi connectivity index (χ3n) is 4.48. The lowest BCUT2D eigenvalue weighted by Gasteiger charge is -2.29. The molecule has 1 aliphatic carbocycles. The molecule has 100 valence electrons. The zero-order chi connectivity index (χ0) is 13.8. The minimum absolute atomic E-state index is 0.709. The molecule has 3 heteroatoms. The summed E-state index contributed by atoms with van der Waals surface area (Å²) in [6.45, 7) is 6.01. The molecule has 1 unspecified atom stereocenters. The van der Waals surface area contributed by atoms with Gasteiger partial charge in [-0.1, -0.05) is 11.6 Å². The zero-order valence-corrected chi connectivity index (χ0v) is 11.6. The van der Waals surface area contributed by atoms with Crippen molar-refractivity contribution in [3.8, 4) is 0 Å². The van der Waals surface area contributed by atoms with Crippen LogP contribution in [0.25, 0.3) is 10.9 Å². The van der Waals surface area contributed by atoms with Crippen LogP contribution in [-0.4, -0.2) is 16.1 Å². The molecule has 0 spiro atoms. The van der Waals surface area contributed by atoms with Gasteiger partial charge in [-0.15, -0.1) is 0 Å². The van der Waals surface area contributed by atoms with Crippen molar-refractivity contribution in [1.29, 1.82) is 0 Å². The average Bonchev–Trinajstić information content (AvgIpc) is 2.70. The summed E-state index contributed by atoms with van der Waals surface area (Å²) in [7, 11) is 0. The van der Waals surface area contributed by atoms with Crippen LogP contribution in [0.4, 0.5) is 0 Å². The largest absolute Gasteiger partial charge is 0.481 e. The van der Waals surface area contributed by atoms with Gasteiger partial charge in [-0.05, 0) is 57.2 Å². The Morgan fingerprint density at radius 3 is 2.79 bits per heavy atom. The predicted octanol–water partition coefficient (Wildman–Crippen LogP) is 3.46. The Kier molecular flexibility index (Phi) is 2.49. The Balaban J connectivity index is 2.36. The van der Waals surface area contributed by atoms with Gasteiger partial charge in [0.15, 0.2) is 0 Å². The molecule has 2 aromatic rings. The lowest BCUT2D eigenvalue weighted by atomic mass is 9.74. The van der Waals surface area contributed by atoms with Gasteiger partial charge < -0.3 is 10.1 Å². The number of carbonyl (C=O) groups is 1. The van der Waals surface area contributed by atoms with Gasteiger partial charge in [-0.2, -0.15) is 0 Å². The van der Waals surface area contributed by atoms with Crippen molar-refractivity contribution in [2.75, 3.05) is 0 Å². The van der Waals surface area contributed by atoms with Crippen LogP contribution in [0.15, 0.2) is 12.1 Å². The van der Waals surface area contributed by atoms with Crippen molar-refractivity contribution in [1.82, 2.24) is 4.98 Å². The highest BCUT2D eigenvalue weighted by Crippen LogP contribution is 2.41. The molecule has 0 saturated carbocycles. The summed E-state index contributed by atoms with van der Waals surface area (Å²) >= 11 is 0. The third-order valence-corrected chi connectivity index (χ3v) is 4.48. The molecule has 0 bridgehead atoms. The van der Waals surface area contributed by atoms with Crippen LogP contribution in [0.5, 0.6) is 0 Å². The molecular weight excluding hydrogens is 238 g/mol. The van der Waals surface area contributed by atoms with Gasteiger partial charge in [0.05, 0.1) is 0 Å². The first-order chi connectivity index (χ1) is 8.93. The number of rotatable bonds is 1. The molecule has 3 rings (SSSR count). The maximum Gasteiger partial charge on any atom is 0.315 e. The molecule has 2 N–H and O–H groups in total. The zero-order valence-electron chi connectivity index (χ0n) is 11.6. The number of benzene rings is 1. The highest BCUT2D eigenvalue weighted by atomic mass is 16.4. The van der Waals surface area contributed by atoms with Crippen LogP contribution in [0, 0.1) is 13.8 Å². The molecular formula is C16H19NO2. The first-order valence-corrected chi connectivity index (χ1v) is 6.79. The van der Waals surface area contributed by atoms with E-state index in [1.165, 1.54) is 22.1 Å². The van der Waals surface area contributed by atoms with E-state index in [-0.39, 0.29) is 0 Å². The van der Waals surface area contributed by atoms with Gasteiger partial charge in [0.25, 0.3) is 0 Å². The molecule has 1 aromatic heterocycles. The molecule has 19 heavy (non-hydrogen) atoms. The maximum atomic E-state index is 11.6. The van der Waals surface area contributed by atoms with E-state index >= 15 is 0 Å². The summed E-state index contributed by atoms with van der Waals surface area (Å²) in [4.78, 5) is 15.1. The van der Waals surface area contributed by atoms with Gasteiger partial charge in [-0.3, -0.25) is 4.79 Å². The summed E-state index contributed by atoms with van der Waals surface area (Å²) in [5, 5.41) is 10.8. The number of hydrogen-bond acceptors (Lipinski definition) is 1. The van der Waals surface area contributed by atoms with Gasteiger partial charge in [-0.25, -0.2) is 0 Å². The highest BCUT2D eigenvalue weighted by molar-refractivity contribution is 5.92. The molecule has 1 heterocycles. The smallest absolute Gasteiger partial charge is 0.315 e. The van der Waals surface area contributed by atoms with Crippen molar-refractivity contribution in [2.24, 2.45) is 0 Å². The first kappa shape index (κ1) is 12.3. The number of aromatic nitrogens is 1. The van der Waals surface area contributed by atoms with E-state index in [1.807, 2.05) is 6.92 Å². The second-order valence-corrected chi connectivity index (χ2v) is 5.97. The number of fused-ring (bicyclic) bond motifs is 3. The second-order valence-electron chi connectivity index (χ2n) is 5.97. The molecule has 0 amide bonds. The van der Waals surface area contributed by atoms with Crippen molar-refractivity contribution in [3.05, 3.63) is 34.5 Å². The predicted molar refractivity (Wildman–Crippen MR) is 75.7 cm³/mol. The summed E-state index contributed by atoms with van der Waals surface area (Å²) < 4.78 is 0. The fourth-order valence-electron chi connectivity index (χ4n) is 3.39. The Hall–Kier alpha value is -1.77. The summed E-state index contributed by atoms with van der Waals surface area (Å²) in [6, 6.07) is 4.31. The van der Waals surface area contributed by atoms with Gasteiger partial charge in [0.2, 0.25) is 0 Å². The summed E-state index contributed by atoms with van der Waals surface area (Å²) in [5.41, 5.74) is 4.87. The second kappa shape index (κ2) is 3.86. The minimum atomic E-state index is -0.771. The topological polar surface area (TPSA) is 53.1 Å². The Labute approximate surface area is 112 Å². The van der Waals surface area contributed by atoms with Crippen LogP contribution >= 0.6 is 0 Å². The fourth-order valence-corrected chi connectivity index (χ4v) is 3.39. The lowest BCUT2D eigenvalue weighted by molar-refractivity contribution is -0.143. The fraction of sp³-hybridized carbons (Fsp3) is 0.438. The van der Waals surface area contributed by atoms with Gasteiger partial charge in [0, 0.05) is 16.6 Å². The quantitative estimate of drug-likeness (QED) is 0.822. The number of carboxylic acids is 1. The van der Waals surface area contributed by atoms with Crippen molar-refractivity contribution in [3.63, 3.8) is 0 Å². The number of aliphatic carboxylic acids is 1. The van der Waals surface area contributed by atoms with E-state index in [0.29, 0.717) is 6.42 Å². The van der Waals surface area contributed by atoms with E-state index in [0.717, 1.165) is 24.1 Å². The third kappa shape index (κ3) is 1.61. The van der Waals surface area contributed by atoms with Crippen LogP contribution in [0.1, 0.15) is 42.1 Å². The Bertz CT molecular complexity index is 684. The number of carboxylic acid groups (broad SMARTS) is 1. The van der Waals surface area contributed by atoms with E-state index in [2.05, 4.69) is 31.0 Å². The summed E-state index contributed by atoms with van der Waals surface area (Å²) in [6.07, 6.45) is 2.62. The van der Waals surface area contributed by atoms with Crippen LogP contribution < -0.4 is 0 Å². The number of nitrogens with one attached hydrogen (secondary N) is 1. The Morgan fingerprint density at radius 2 is 2.11 bits per heavy atom. The molecule has 1 aromatic carbocycles. The van der Waals surface area contributed by atoms with Crippen molar-refractivity contribution >= 4 is 16.9 Å².